The third-order valence-corrected chi connectivity index (χ3v) is 5.90. The van der Waals surface area contributed by atoms with E-state index >= 15 is 0 Å². The molecule has 0 amide bonds. The van der Waals surface area contributed by atoms with Gasteiger partial charge in [0.05, 0.1) is 22.6 Å². The van der Waals surface area contributed by atoms with Crippen LogP contribution < -0.4 is 4.72 Å². The molecule has 1 aliphatic rings. The summed E-state index contributed by atoms with van der Waals surface area (Å²) in [7, 11) is -3.63. The highest BCUT2D eigenvalue weighted by Crippen LogP contribution is 2.40. The van der Waals surface area contributed by atoms with E-state index in [1.807, 2.05) is 31.2 Å². The van der Waals surface area contributed by atoms with Gasteiger partial charge in [-0.1, -0.05) is 29.8 Å². The summed E-state index contributed by atoms with van der Waals surface area (Å²) in [4.78, 5) is 12.2. The minimum absolute atomic E-state index is 0.193. The third kappa shape index (κ3) is 2.61. The lowest BCUT2D eigenvalue weighted by molar-refractivity contribution is 0.0526. The molecule has 3 rings (SSSR count). The van der Waals surface area contributed by atoms with Crippen LogP contribution in [0.15, 0.2) is 47.4 Å². The van der Waals surface area contributed by atoms with Crippen LogP contribution in [0.5, 0.6) is 0 Å². The zero-order chi connectivity index (χ0) is 17.5. The molecule has 0 spiro atoms. The maximum atomic E-state index is 12.5. The van der Waals surface area contributed by atoms with Crippen LogP contribution in [0.2, 0.25) is 0 Å². The maximum Gasteiger partial charge on any atom is 0.338 e. The summed E-state index contributed by atoms with van der Waals surface area (Å²) in [5.41, 5.74) is 1.87. The average molecular weight is 345 g/mol. The van der Waals surface area contributed by atoms with Gasteiger partial charge in [-0.3, -0.25) is 0 Å². The summed E-state index contributed by atoms with van der Waals surface area (Å²) in [6.45, 7) is 5.77. The molecule has 1 atom stereocenters. The maximum absolute atomic E-state index is 12.5. The normalized spacial score (nSPS) is 21.3. The number of benzene rings is 2. The largest absolute Gasteiger partial charge is 0.462 e. The number of nitrogens with one attached hydrogen (secondary N) is 1. The molecule has 0 aromatic heterocycles. The smallest absolute Gasteiger partial charge is 0.338 e. The third-order valence-electron chi connectivity index (χ3n) is 4.29. The second-order valence-corrected chi connectivity index (χ2v) is 7.68. The van der Waals surface area contributed by atoms with E-state index in [4.69, 9.17) is 4.74 Å². The molecule has 5 nitrogen and oxygen atoms in total. The lowest BCUT2D eigenvalue weighted by atomic mass is 9.84. The van der Waals surface area contributed by atoms with E-state index in [-0.39, 0.29) is 11.5 Å². The molecular weight excluding hydrogens is 326 g/mol. The van der Waals surface area contributed by atoms with Crippen molar-refractivity contribution in [3.8, 4) is 0 Å². The van der Waals surface area contributed by atoms with Gasteiger partial charge in [-0.15, -0.1) is 0 Å². The molecule has 1 aliphatic heterocycles. The van der Waals surface area contributed by atoms with Gasteiger partial charge in [0.1, 0.15) is 0 Å². The number of ether oxygens (including phenoxy) is 1. The summed E-state index contributed by atoms with van der Waals surface area (Å²) >= 11 is 0. The fourth-order valence-electron chi connectivity index (χ4n) is 2.98. The molecule has 0 saturated heterocycles. The number of rotatable bonds is 3. The summed E-state index contributed by atoms with van der Waals surface area (Å²) in [6, 6.07) is 12.2. The molecule has 2 aromatic rings. The molecule has 1 heterocycles. The van der Waals surface area contributed by atoms with E-state index in [1.165, 1.54) is 12.1 Å². The van der Waals surface area contributed by atoms with Crippen molar-refractivity contribution < 1.29 is 17.9 Å². The fourth-order valence-corrected chi connectivity index (χ4v) is 4.65. The molecule has 0 radical (unpaired) electrons. The van der Waals surface area contributed by atoms with Crippen LogP contribution in [0.25, 0.3) is 0 Å². The van der Waals surface area contributed by atoms with Gasteiger partial charge in [0.2, 0.25) is 10.0 Å². The SMILES string of the molecule is CCOC(=O)c1ccc2c(c1)[C@@](C)(c1ccc(C)cc1)NS2(=O)=O. The fraction of sp³-hybridized carbons (Fsp3) is 0.278. The first-order valence-electron chi connectivity index (χ1n) is 7.71. The van der Waals surface area contributed by atoms with E-state index in [0.717, 1.165) is 11.1 Å². The molecule has 0 fully saturated rings. The van der Waals surface area contributed by atoms with Crippen LogP contribution in [0.3, 0.4) is 0 Å². The number of carbonyl (C=O) groups excluding carboxylic acids is 1. The van der Waals surface area contributed by atoms with Crippen LogP contribution in [0, 0.1) is 6.92 Å². The van der Waals surface area contributed by atoms with Crippen LogP contribution >= 0.6 is 0 Å². The van der Waals surface area contributed by atoms with E-state index in [0.29, 0.717) is 11.1 Å². The highest BCUT2D eigenvalue weighted by atomic mass is 32.2. The van der Waals surface area contributed by atoms with Gasteiger partial charge in [0, 0.05) is 0 Å². The molecule has 0 saturated carbocycles. The number of aryl methyl sites for hydroxylation is 1. The lowest BCUT2D eigenvalue weighted by Crippen LogP contribution is -2.37. The topological polar surface area (TPSA) is 72.5 Å². The predicted molar refractivity (Wildman–Crippen MR) is 90.4 cm³/mol. The summed E-state index contributed by atoms with van der Waals surface area (Å²) in [5, 5.41) is 0. The Hall–Kier alpha value is -2.18. The Kier molecular flexibility index (Phi) is 3.97. The van der Waals surface area contributed by atoms with Crippen molar-refractivity contribution in [2.75, 3.05) is 6.61 Å². The van der Waals surface area contributed by atoms with Crippen molar-refractivity contribution >= 4 is 16.0 Å². The summed E-state index contributed by atoms with van der Waals surface area (Å²) in [6.07, 6.45) is 0. The number of hydrogen-bond donors (Lipinski definition) is 1. The molecule has 0 bridgehead atoms. The van der Waals surface area contributed by atoms with E-state index in [9.17, 15) is 13.2 Å². The highest BCUT2D eigenvalue weighted by Gasteiger charge is 2.44. The van der Waals surface area contributed by atoms with Gasteiger partial charge in [0.25, 0.3) is 0 Å². The quantitative estimate of drug-likeness (QED) is 0.868. The first-order valence-corrected chi connectivity index (χ1v) is 9.19. The Balaban J connectivity index is 2.18. The molecule has 126 valence electrons. The first-order chi connectivity index (χ1) is 11.3. The van der Waals surface area contributed by atoms with Crippen LogP contribution in [-0.4, -0.2) is 21.0 Å². The zero-order valence-electron chi connectivity index (χ0n) is 13.8. The van der Waals surface area contributed by atoms with Crippen molar-refractivity contribution in [3.63, 3.8) is 0 Å². The van der Waals surface area contributed by atoms with Gasteiger partial charge >= 0.3 is 5.97 Å². The van der Waals surface area contributed by atoms with Gasteiger partial charge in [-0.2, -0.15) is 4.72 Å². The number of sulfonamides is 1. The second-order valence-electron chi connectivity index (χ2n) is 6.03. The molecular formula is C18H19NO4S. The lowest BCUT2D eigenvalue weighted by Gasteiger charge is -2.25. The van der Waals surface area contributed by atoms with Crippen molar-refractivity contribution in [1.82, 2.24) is 4.72 Å². The standard InChI is InChI=1S/C18H19NO4S/c1-4-23-17(20)13-7-10-16-15(11-13)18(3,19-24(16,21)22)14-8-5-12(2)6-9-14/h5-11,19H,4H2,1-3H3/t18-/m1/s1. The minimum atomic E-state index is -3.63. The molecule has 0 aliphatic carbocycles. The Labute approximate surface area is 141 Å². The monoisotopic (exact) mass is 345 g/mol. The van der Waals surface area contributed by atoms with Crippen LogP contribution in [0.4, 0.5) is 0 Å². The number of hydrogen-bond acceptors (Lipinski definition) is 4. The summed E-state index contributed by atoms with van der Waals surface area (Å²) < 4.78 is 32.7. The highest BCUT2D eigenvalue weighted by molar-refractivity contribution is 7.89. The van der Waals surface area contributed by atoms with Crippen LogP contribution in [0.1, 0.15) is 40.9 Å². The molecule has 24 heavy (non-hydrogen) atoms. The average Bonchev–Trinajstić information content (AvgIpc) is 2.75. The van der Waals surface area contributed by atoms with Crippen molar-refractivity contribution in [2.45, 2.75) is 31.2 Å². The Morgan fingerprint density at radius 2 is 1.83 bits per heavy atom. The molecule has 1 N–H and O–H groups in total. The van der Waals surface area contributed by atoms with Crippen molar-refractivity contribution in [2.24, 2.45) is 0 Å². The zero-order valence-corrected chi connectivity index (χ0v) is 14.6. The molecule has 6 heteroatoms. The van der Waals surface area contributed by atoms with E-state index in [2.05, 4.69) is 4.72 Å². The van der Waals surface area contributed by atoms with Gasteiger partial charge in [0.15, 0.2) is 0 Å². The van der Waals surface area contributed by atoms with Crippen molar-refractivity contribution in [1.29, 1.82) is 0 Å². The van der Waals surface area contributed by atoms with E-state index < -0.39 is 21.5 Å². The molecule has 2 aromatic carbocycles. The molecule has 0 unspecified atom stereocenters. The van der Waals surface area contributed by atoms with Gasteiger partial charge in [-0.25, -0.2) is 13.2 Å². The van der Waals surface area contributed by atoms with Crippen molar-refractivity contribution in [3.05, 3.63) is 64.7 Å². The predicted octanol–water partition coefficient (Wildman–Crippen LogP) is 2.73. The number of fused-ring (bicyclic) bond motifs is 1. The Morgan fingerprint density at radius 3 is 2.46 bits per heavy atom. The van der Waals surface area contributed by atoms with Crippen LogP contribution in [-0.2, 0) is 20.3 Å². The summed E-state index contributed by atoms with van der Waals surface area (Å²) in [5.74, 6) is -0.462. The van der Waals surface area contributed by atoms with Gasteiger partial charge in [-0.05, 0) is 50.1 Å². The first kappa shape index (κ1) is 16.7. The minimum Gasteiger partial charge on any atom is -0.462 e. The Bertz CT molecular complexity index is 903. The second kappa shape index (κ2) is 5.72. The number of esters is 1. The number of carbonyl (C=O) groups is 1. The van der Waals surface area contributed by atoms with E-state index in [1.54, 1.807) is 19.9 Å². The van der Waals surface area contributed by atoms with Gasteiger partial charge < -0.3 is 4.74 Å². The Morgan fingerprint density at radius 1 is 1.17 bits per heavy atom.